The van der Waals surface area contributed by atoms with Gasteiger partial charge in [0.1, 0.15) is 0 Å². The lowest BCUT2D eigenvalue weighted by atomic mass is 10.0. The van der Waals surface area contributed by atoms with Crippen LogP contribution in [0.25, 0.3) is 0 Å². The van der Waals surface area contributed by atoms with Crippen molar-refractivity contribution in [3.8, 4) is 0 Å². The van der Waals surface area contributed by atoms with E-state index in [4.69, 9.17) is 0 Å². The van der Waals surface area contributed by atoms with Crippen molar-refractivity contribution in [3.05, 3.63) is 23.0 Å². The predicted molar refractivity (Wildman–Crippen MR) is 62.0 cm³/mol. The molecule has 2 nitrogen and oxygen atoms in total. The lowest BCUT2D eigenvalue weighted by Gasteiger charge is -2.16. The minimum Gasteiger partial charge on any atom is -0.350 e. The number of hydrogen-bond acceptors (Lipinski definition) is 1. The molecule has 1 aromatic heterocycles. The van der Waals surface area contributed by atoms with Crippen molar-refractivity contribution in [2.24, 2.45) is 7.05 Å². The van der Waals surface area contributed by atoms with Gasteiger partial charge in [-0.3, -0.25) is 0 Å². The van der Waals surface area contributed by atoms with Gasteiger partial charge in [-0.1, -0.05) is 12.8 Å². The third-order valence-electron chi connectivity index (χ3n) is 4.12. The van der Waals surface area contributed by atoms with E-state index in [9.17, 15) is 0 Å². The van der Waals surface area contributed by atoms with Crippen molar-refractivity contribution < 1.29 is 0 Å². The van der Waals surface area contributed by atoms with Crippen LogP contribution >= 0.6 is 0 Å². The Balaban J connectivity index is 1.97. The van der Waals surface area contributed by atoms with Gasteiger partial charge in [-0.15, -0.1) is 0 Å². The maximum atomic E-state index is 3.46. The Kier molecular flexibility index (Phi) is 2.32. The molecule has 0 atom stereocenters. The summed E-state index contributed by atoms with van der Waals surface area (Å²) in [7, 11) is 2.25. The van der Waals surface area contributed by atoms with E-state index in [2.05, 4.69) is 23.0 Å². The van der Waals surface area contributed by atoms with E-state index in [1.54, 1.807) is 11.3 Å². The van der Waals surface area contributed by atoms with Gasteiger partial charge in [-0.25, -0.2) is 0 Å². The largest absolute Gasteiger partial charge is 0.350 e. The fraction of sp³-hybridized carbons (Fsp3) is 0.692. The topological polar surface area (TPSA) is 17.0 Å². The average molecular weight is 204 g/mol. The summed E-state index contributed by atoms with van der Waals surface area (Å²) >= 11 is 0. The van der Waals surface area contributed by atoms with Crippen LogP contribution in [0.15, 0.2) is 6.07 Å². The number of nitrogens with zero attached hydrogens (tertiary/aromatic N) is 1. The van der Waals surface area contributed by atoms with Crippen LogP contribution < -0.4 is 5.32 Å². The molecule has 2 heteroatoms. The monoisotopic (exact) mass is 204 g/mol. The molecule has 82 valence electrons. The zero-order chi connectivity index (χ0) is 10.3. The molecule has 0 saturated heterocycles. The first-order valence-corrected chi connectivity index (χ1v) is 6.24. The van der Waals surface area contributed by atoms with Crippen molar-refractivity contribution in [1.82, 2.24) is 9.88 Å². The Morgan fingerprint density at radius 3 is 2.87 bits per heavy atom. The highest BCUT2D eigenvalue weighted by atomic mass is 15.0. The zero-order valence-corrected chi connectivity index (χ0v) is 9.55. The quantitative estimate of drug-likeness (QED) is 0.743. The summed E-state index contributed by atoms with van der Waals surface area (Å²) in [5.74, 6) is 0.848. The minimum absolute atomic E-state index is 0.848. The summed E-state index contributed by atoms with van der Waals surface area (Å²) in [5, 5.41) is 3.46. The second kappa shape index (κ2) is 3.67. The molecule has 1 saturated carbocycles. The predicted octanol–water partition coefficient (Wildman–Crippen LogP) is 2.33. The summed E-state index contributed by atoms with van der Waals surface area (Å²) in [4.78, 5) is 0. The lowest BCUT2D eigenvalue weighted by Crippen LogP contribution is -2.24. The smallest absolute Gasteiger partial charge is 0.0362 e. The van der Waals surface area contributed by atoms with Gasteiger partial charge in [0.05, 0.1) is 0 Å². The molecule has 1 fully saturated rings. The van der Waals surface area contributed by atoms with Gasteiger partial charge < -0.3 is 9.88 Å². The summed E-state index contributed by atoms with van der Waals surface area (Å²) in [6.07, 6.45) is 6.89. The van der Waals surface area contributed by atoms with Crippen LogP contribution in [0.5, 0.6) is 0 Å². The molecule has 15 heavy (non-hydrogen) atoms. The maximum absolute atomic E-state index is 3.46. The van der Waals surface area contributed by atoms with Gasteiger partial charge >= 0.3 is 0 Å². The van der Waals surface area contributed by atoms with E-state index >= 15 is 0 Å². The second-order valence-electron chi connectivity index (χ2n) is 5.01. The molecule has 1 N–H and O–H groups in total. The maximum Gasteiger partial charge on any atom is 0.0362 e. The first-order valence-electron chi connectivity index (χ1n) is 6.24. The summed E-state index contributed by atoms with van der Waals surface area (Å²) in [6, 6.07) is 2.48. The first kappa shape index (κ1) is 9.46. The lowest BCUT2D eigenvalue weighted by molar-refractivity contribution is 0.589. The third kappa shape index (κ3) is 1.51. The molecule has 1 aliphatic heterocycles. The molecular weight excluding hydrogens is 184 g/mol. The van der Waals surface area contributed by atoms with Crippen LogP contribution in [0.4, 0.5) is 0 Å². The molecule has 0 bridgehead atoms. The zero-order valence-electron chi connectivity index (χ0n) is 9.55. The van der Waals surface area contributed by atoms with Crippen LogP contribution in [-0.4, -0.2) is 11.1 Å². The van der Waals surface area contributed by atoms with Crippen molar-refractivity contribution in [1.29, 1.82) is 0 Å². The van der Waals surface area contributed by atoms with E-state index in [0.717, 1.165) is 19.0 Å². The van der Waals surface area contributed by atoms with E-state index in [0.29, 0.717) is 0 Å². The van der Waals surface area contributed by atoms with Gasteiger partial charge in [0.15, 0.2) is 0 Å². The van der Waals surface area contributed by atoms with Crippen LogP contribution in [0.1, 0.15) is 48.6 Å². The van der Waals surface area contributed by atoms with Crippen LogP contribution in [0, 0.1) is 0 Å². The third-order valence-corrected chi connectivity index (χ3v) is 4.12. The first-order chi connectivity index (χ1) is 7.36. The van der Waals surface area contributed by atoms with Crippen LogP contribution in [-0.2, 0) is 20.0 Å². The molecule has 2 aliphatic rings. The average Bonchev–Trinajstić information content (AvgIpc) is 2.87. The molecule has 0 aromatic carbocycles. The van der Waals surface area contributed by atoms with Crippen molar-refractivity contribution >= 4 is 0 Å². The summed E-state index contributed by atoms with van der Waals surface area (Å²) in [6.45, 7) is 2.22. The standard InChI is InChI=1S/C13H20N2/c1-15-12(10-4-2-3-5-10)8-11-6-7-14-9-13(11)15/h8,10,14H,2-7,9H2,1H3. The summed E-state index contributed by atoms with van der Waals surface area (Å²) in [5.41, 5.74) is 4.72. The van der Waals surface area contributed by atoms with Crippen molar-refractivity contribution in [2.75, 3.05) is 6.54 Å². The Labute approximate surface area is 91.7 Å². The molecule has 1 aliphatic carbocycles. The van der Waals surface area contributed by atoms with E-state index in [1.807, 2.05) is 0 Å². The number of hydrogen-bond donors (Lipinski definition) is 1. The van der Waals surface area contributed by atoms with Gasteiger partial charge in [-0.2, -0.15) is 0 Å². The Bertz CT molecular complexity index is 359. The molecule has 0 amide bonds. The highest BCUT2D eigenvalue weighted by Gasteiger charge is 2.23. The Morgan fingerprint density at radius 2 is 2.13 bits per heavy atom. The van der Waals surface area contributed by atoms with Crippen LogP contribution in [0.3, 0.4) is 0 Å². The number of fused-ring (bicyclic) bond motifs is 1. The SMILES string of the molecule is Cn1c(C2CCCC2)cc2c1CNCC2. The molecule has 3 rings (SSSR count). The van der Waals surface area contributed by atoms with Gasteiger partial charge in [0.25, 0.3) is 0 Å². The van der Waals surface area contributed by atoms with Crippen LogP contribution in [0.2, 0.25) is 0 Å². The molecule has 1 aromatic rings. The molecule has 0 unspecified atom stereocenters. The molecule has 0 radical (unpaired) electrons. The Morgan fingerprint density at radius 1 is 1.33 bits per heavy atom. The Hall–Kier alpha value is -0.760. The summed E-state index contributed by atoms with van der Waals surface area (Å²) < 4.78 is 2.46. The molecular formula is C13H20N2. The number of nitrogens with one attached hydrogen (secondary N) is 1. The van der Waals surface area contributed by atoms with E-state index in [1.165, 1.54) is 37.8 Å². The van der Waals surface area contributed by atoms with Gasteiger partial charge in [0, 0.05) is 25.0 Å². The number of aromatic nitrogens is 1. The van der Waals surface area contributed by atoms with Crippen molar-refractivity contribution in [3.63, 3.8) is 0 Å². The van der Waals surface area contributed by atoms with E-state index < -0.39 is 0 Å². The molecule has 2 heterocycles. The fourth-order valence-corrected chi connectivity index (χ4v) is 3.22. The van der Waals surface area contributed by atoms with E-state index in [-0.39, 0.29) is 0 Å². The number of rotatable bonds is 1. The minimum atomic E-state index is 0.848. The molecule has 0 spiro atoms. The van der Waals surface area contributed by atoms with Gasteiger partial charge in [-0.05, 0) is 43.4 Å². The normalized spacial score (nSPS) is 21.9. The fourth-order valence-electron chi connectivity index (χ4n) is 3.22. The van der Waals surface area contributed by atoms with Gasteiger partial charge in [0.2, 0.25) is 0 Å². The highest BCUT2D eigenvalue weighted by molar-refractivity contribution is 5.32. The van der Waals surface area contributed by atoms with Crippen molar-refractivity contribution in [2.45, 2.75) is 44.6 Å². The highest BCUT2D eigenvalue weighted by Crippen LogP contribution is 2.36. The second-order valence-corrected chi connectivity index (χ2v) is 5.01.